The molecule has 0 spiro atoms. The second-order valence-corrected chi connectivity index (χ2v) is 5.07. The topological polar surface area (TPSA) is 42.5 Å². The van der Waals surface area contributed by atoms with Gasteiger partial charge in [0.05, 0.1) is 17.4 Å². The summed E-state index contributed by atoms with van der Waals surface area (Å²) in [5, 5.41) is 7.07. The smallest absolute Gasteiger partial charge is 0.231 e. The van der Waals surface area contributed by atoms with Gasteiger partial charge in [0.2, 0.25) is 6.79 Å². The first kappa shape index (κ1) is 11.5. The number of fused-ring (bicyclic) bond motifs is 2. The lowest BCUT2D eigenvalue weighted by molar-refractivity contribution is 0.174. The van der Waals surface area contributed by atoms with Gasteiger partial charge in [-0.2, -0.15) is 0 Å². The predicted octanol–water partition coefficient (Wildman–Crippen LogP) is 3.38. The van der Waals surface area contributed by atoms with E-state index in [0.717, 1.165) is 35.8 Å². The second kappa shape index (κ2) is 4.63. The Morgan fingerprint density at radius 1 is 0.950 bits per heavy atom. The molecule has 1 unspecified atom stereocenters. The lowest BCUT2D eigenvalue weighted by Crippen LogP contribution is -2.11. The first-order valence-electron chi connectivity index (χ1n) is 6.89. The van der Waals surface area contributed by atoms with E-state index < -0.39 is 0 Å². The Balaban J connectivity index is 1.66. The SMILES string of the molecule is c1ccc2c(c1)NCCC(c1ccc3c(c1)OCO3)N2. The summed E-state index contributed by atoms with van der Waals surface area (Å²) in [5.74, 6) is 1.68. The normalized spacial score (nSPS) is 19.5. The molecule has 2 aromatic rings. The zero-order valence-corrected chi connectivity index (χ0v) is 11.1. The van der Waals surface area contributed by atoms with Crippen LogP contribution in [0, 0.1) is 0 Å². The largest absolute Gasteiger partial charge is 0.454 e. The van der Waals surface area contributed by atoms with Crippen LogP contribution in [-0.2, 0) is 0 Å². The van der Waals surface area contributed by atoms with Gasteiger partial charge in [0.15, 0.2) is 11.5 Å². The maximum absolute atomic E-state index is 5.47. The molecule has 0 radical (unpaired) electrons. The van der Waals surface area contributed by atoms with Gasteiger partial charge in [0.25, 0.3) is 0 Å². The molecule has 2 aliphatic heterocycles. The van der Waals surface area contributed by atoms with Crippen LogP contribution in [-0.4, -0.2) is 13.3 Å². The van der Waals surface area contributed by atoms with Gasteiger partial charge in [0.1, 0.15) is 0 Å². The van der Waals surface area contributed by atoms with Crippen molar-refractivity contribution in [3.8, 4) is 11.5 Å². The Labute approximate surface area is 117 Å². The van der Waals surface area contributed by atoms with Crippen LogP contribution >= 0.6 is 0 Å². The van der Waals surface area contributed by atoms with Crippen LogP contribution in [0.4, 0.5) is 11.4 Å². The number of hydrogen-bond donors (Lipinski definition) is 2. The number of ether oxygens (including phenoxy) is 2. The fourth-order valence-electron chi connectivity index (χ4n) is 2.75. The number of benzene rings is 2. The molecular weight excluding hydrogens is 252 g/mol. The summed E-state index contributed by atoms with van der Waals surface area (Å²) in [4.78, 5) is 0. The van der Waals surface area contributed by atoms with Crippen molar-refractivity contribution in [2.45, 2.75) is 12.5 Å². The maximum Gasteiger partial charge on any atom is 0.231 e. The molecule has 0 aromatic heterocycles. The summed E-state index contributed by atoms with van der Waals surface area (Å²) in [5.41, 5.74) is 3.54. The average Bonchev–Trinajstić information content (AvgIpc) is 2.84. The molecule has 2 aromatic carbocycles. The predicted molar refractivity (Wildman–Crippen MR) is 78.5 cm³/mol. The van der Waals surface area contributed by atoms with Crippen molar-refractivity contribution in [3.63, 3.8) is 0 Å². The Bertz CT molecular complexity index is 642. The van der Waals surface area contributed by atoms with Crippen molar-refractivity contribution in [2.75, 3.05) is 24.0 Å². The van der Waals surface area contributed by atoms with Gasteiger partial charge in [-0.25, -0.2) is 0 Å². The molecule has 0 fully saturated rings. The number of rotatable bonds is 1. The molecule has 0 saturated carbocycles. The molecule has 0 saturated heterocycles. The van der Waals surface area contributed by atoms with Crippen LogP contribution in [0.2, 0.25) is 0 Å². The Hall–Kier alpha value is -2.36. The zero-order valence-electron chi connectivity index (χ0n) is 11.1. The van der Waals surface area contributed by atoms with E-state index in [4.69, 9.17) is 9.47 Å². The highest BCUT2D eigenvalue weighted by molar-refractivity contribution is 5.70. The van der Waals surface area contributed by atoms with E-state index in [2.05, 4.69) is 47.0 Å². The van der Waals surface area contributed by atoms with Crippen molar-refractivity contribution in [1.82, 2.24) is 0 Å². The van der Waals surface area contributed by atoms with Gasteiger partial charge in [0, 0.05) is 6.54 Å². The first-order valence-corrected chi connectivity index (χ1v) is 6.89. The summed E-state index contributed by atoms with van der Waals surface area (Å²) in [6.45, 7) is 1.27. The molecular formula is C16H16N2O2. The third-order valence-electron chi connectivity index (χ3n) is 3.80. The van der Waals surface area contributed by atoms with Crippen LogP contribution in [0.25, 0.3) is 0 Å². The number of hydrogen-bond acceptors (Lipinski definition) is 4. The molecule has 0 aliphatic carbocycles. The van der Waals surface area contributed by atoms with Gasteiger partial charge in [-0.15, -0.1) is 0 Å². The molecule has 0 amide bonds. The Morgan fingerprint density at radius 2 is 1.80 bits per heavy atom. The number of nitrogens with one attached hydrogen (secondary N) is 2. The summed E-state index contributed by atoms with van der Waals surface area (Å²) in [6.07, 6.45) is 1.02. The minimum Gasteiger partial charge on any atom is -0.454 e. The van der Waals surface area contributed by atoms with Gasteiger partial charge >= 0.3 is 0 Å². The van der Waals surface area contributed by atoms with E-state index >= 15 is 0 Å². The molecule has 4 heteroatoms. The molecule has 4 nitrogen and oxygen atoms in total. The molecule has 4 rings (SSSR count). The molecule has 1 atom stereocenters. The fourth-order valence-corrected chi connectivity index (χ4v) is 2.75. The summed E-state index contributed by atoms with van der Waals surface area (Å²) >= 11 is 0. The average molecular weight is 268 g/mol. The van der Waals surface area contributed by atoms with E-state index in [1.165, 1.54) is 5.56 Å². The summed E-state index contributed by atoms with van der Waals surface area (Å²) in [7, 11) is 0. The molecule has 0 bridgehead atoms. The van der Waals surface area contributed by atoms with Crippen LogP contribution < -0.4 is 20.1 Å². The van der Waals surface area contributed by atoms with E-state index in [1.807, 2.05) is 6.07 Å². The van der Waals surface area contributed by atoms with Crippen molar-refractivity contribution in [3.05, 3.63) is 48.0 Å². The third-order valence-corrected chi connectivity index (χ3v) is 3.80. The van der Waals surface area contributed by atoms with Gasteiger partial charge in [-0.1, -0.05) is 18.2 Å². The van der Waals surface area contributed by atoms with Gasteiger partial charge in [-0.05, 0) is 36.2 Å². The van der Waals surface area contributed by atoms with Gasteiger partial charge in [-0.3, -0.25) is 0 Å². The van der Waals surface area contributed by atoms with E-state index in [0.29, 0.717) is 6.79 Å². The quantitative estimate of drug-likeness (QED) is 0.832. The minimum atomic E-state index is 0.278. The second-order valence-electron chi connectivity index (χ2n) is 5.07. The van der Waals surface area contributed by atoms with Gasteiger partial charge < -0.3 is 20.1 Å². The lowest BCUT2D eigenvalue weighted by Gasteiger charge is -2.18. The Morgan fingerprint density at radius 3 is 2.75 bits per heavy atom. The first-order chi connectivity index (χ1) is 9.90. The van der Waals surface area contributed by atoms with E-state index in [9.17, 15) is 0 Å². The number of anilines is 2. The highest BCUT2D eigenvalue weighted by atomic mass is 16.7. The Kier molecular flexibility index (Phi) is 2.66. The third kappa shape index (κ3) is 1.93. The monoisotopic (exact) mass is 268 g/mol. The molecule has 2 N–H and O–H groups in total. The van der Waals surface area contributed by atoms with Crippen molar-refractivity contribution >= 4 is 11.4 Å². The highest BCUT2D eigenvalue weighted by Crippen LogP contribution is 2.37. The van der Waals surface area contributed by atoms with Crippen LogP contribution in [0.1, 0.15) is 18.0 Å². The summed E-state index contributed by atoms with van der Waals surface area (Å²) < 4.78 is 10.8. The number of para-hydroxylation sites is 2. The molecule has 2 heterocycles. The van der Waals surface area contributed by atoms with Crippen molar-refractivity contribution in [1.29, 1.82) is 0 Å². The lowest BCUT2D eigenvalue weighted by atomic mass is 10.0. The van der Waals surface area contributed by atoms with Crippen molar-refractivity contribution in [2.24, 2.45) is 0 Å². The van der Waals surface area contributed by atoms with Crippen LogP contribution in [0.3, 0.4) is 0 Å². The van der Waals surface area contributed by atoms with Crippen LogP contribution in [0.15, 0.2) is 42.5 Å². The maximum atomic E-state index is 5.47. The standard InChI is InChI=1S/C16H16N2O2/c1-2-4-14-13(3-1)17-8-7-12(18-14)11-5-6-15-16(9-11)20-10-19-15/h1-6,9,12,17-18H,7-8,10H2. The zero-order chi connectivity index (χ0) is 13.4. The molecule has 2 aliphatic rings. The minimum absolute atomic E-state index is 0.278. The summed E-state index contributed by atoms with van der Waals surface area (Å²) in [6, 6.07) is 14.8. The molecule has 102 valence electrons. The van der Waals surface area contributed by atoms with E-state index in [-0.39, 0.29) is 6.04 Å². The molecule has 20 heavy (non-hydrogen) atoms. The fraction of sp³-hybridized carbons (Fsp3) is 0.250. The highest BCUT2D eigenvalue weighted by Gasteiger charge is 2.20. The van der Waals surface area contributed by atoms with E-state index in [1.54, 1.807) is 0 Å². The van der Waals surface area contributed by atoms with Crippen molar-refractivity contribution < 1.29 is 9.47 Å². The van der Waals surface area contributed by atoms with Crippen LogP contribution in [0.5, 0.6) is 11.5 Å².